The summed E-state index contributed by atoms with van der Waals surface area (Å²) in [6, 6.07) is 23.0. The molecule has 0 saturated heterocycles. The van der Waals surface area contributed by atoms with E-state index >= 15 is 0 Å². The van der Waals surface area contributed by atoms with E-state index in [0.29, 0.717) is 22.6 Å². The van der Waals surface area contributed by atoms with Crippen LogP contribution in [0.15, 0.2) is 109 Å². The van der Waals surface area contributed by atoms with Gasteiger partial charge in [-0.2, -0.15) is 0 Å². The molecule has 0 bridgehead atoms. The molecule has 0 aromatic heterocycles. The van der Waals surface area contributed by atoms with Crippen LogP contribution in [-0.4, -0.2) is 12.9 Å². The van der Waals surface area contributed by atoms with Crippen LogP contribution < -0.4 is 9.47 Å². The number of aryl methyl sites for hydroxylation is 1. The van der Waals surface area contributed by atoms with Gasteiger partial charge in [0.25, 0.3) is 0 Å². The lowest BCUT2D eigenvalue weighted by molar-refractivity contribution is 0.103. The van der Waals surface area contributed by atoms with Crippen molar-refractivity contribution in [2.45, 2.75) is 6.92 Å². The number of hydrogen-bond acceptors (Lipinski definition) is 3. The van der Waals surface area contributed by atoms with Gasteiger partial charge >= 0.3 is 0 Å². The summed E-state index contributed by atoms with van der Waals surface area (Å²) in [6.45, 7) is 9.72. The molecule has 0 fully saturated rings. The number of hydrogen-bond donors (Lipinski definition) is 0. The zero-order valence-corrected chi connectivity index (χ0v) is 17.2. The predicted octanol–water partition coefficient (Wildman–Crippen LogP) is 6.56. The number of ether oxygens (including phenoxy) is 2. The first-order valence-electron chi connectivity index (χ1n) is 9.56. The highest BCUT2D eigenvalue weighted by Crippen LogP contribution is 2.25. The summed E-state index contributed by atoms with van der Waals surface area (Å²) in [4.78, 5) is 12.4. The number of methoxy groups -OCH3 is 1. The van der Waals surface area contributed by atoms with Gasteiger partial charge in [0, 0.05) is 11.1 Å². The summed E-state index contributed by atoms with van der Waals surface area (Å²) >= 11 is 0. The van der Waals surface area contributed by atoms with Crippen molar-refractivity contribution in [3.63, 3.8) is 0 Å². The molecule has 0 unspecified atom stereocenters. The maximum atomic E-state index is 12.4. The SMILES string of the molecule is C=C(/C=C\C(=C)C(=O)c1ccc(C)cc1)Oc1ccc(-c2ccc(OC)cc2)cc1. The van der Waals surface area contributed by atoms with E-state index < -0.39 is 0 Å². The molecule has 0 heterocycles. The molecule has 3 aromatic rings. The lowest BCUT2D eigenvalue weighted by atomic mass is 10.0. The Morgan fingerprint density at radius 2 is 1.30 bits per heavy atom. The van der Waals surface area contributed by atoms with Gasteiger partial charge in [0.15, 0.2) is 5.78 Å². The molecule has 0 aliphatic heterocycles. The Balaban J connectivity index is 1.59. The summed E-state index contributed by atoms with van der Waals surface area (Å²) in [5.74, 6) is 1.79. The van der Waals surface area contributed by atoms with Gasteiger partial charge in [0.2, 0.25) is 0 Å². The maximum absolute atomic E-state index is 12.4. The van der Waals surface area contributed by atoms with Crippen molar-refractivity contribution < 1.29 is 14.3 Å². The number of rotatable bonds is 8. The minimum atomic E-state index is -0.122. The van der Waals surface area contributed by atoms with Crippen molar-refractivity contribution in [2.24, 2.45) is 0 Å². The van der Waals surface area contributed by atoms with Gasteiger partial charge in [0.05, 0.1) is 7.11 Å². The van der Waals surface area contributed by atoms with Gasteiger partial charge in [0.1, 0.15) is 17.3 Å². The first-order valence-corrected chi connectivity index (χ1v) is 9.56. The van der Waals surface area contributed by atoms with Gasteiger partial charge in [-0.15, -0.1) is 0 Å². The van der Waals surface area contributed by atoms with E-state index in [1.165, 1.54) is 0 Å². The molecule has 0 saturated carbocycles. The van der Waals surface area contributed by atoms with Gasteiger partial charge in [-0.1, -0.05) is 67.3 Å². The van der Waals surface area contributed by atoms with Crippen molar-refractivity contribution in [3.05, 3.63) is 121 Å². The highest BCUT2D eigenvalue weighted by atomic mass is 16.5. The van der Waals surface area contributed by atoms with E-state index in [1.807, 2.05) is 67.6 Å². The fourth-order valence-electron chi connectivity index (χ4n) is 2.84. The summed E-state index contributed by atoms with van der Waals surface area (Å²) in [7, 11) is 1.65. The zero-order valence-electron chi connectivity index (χ0n) is 17.2. The Bertz CT molecular complexity index is 1070. The molecule has 3 rings (SSSR count). The van der Waals surface area contributed by atoms with Crippen LogP contribution >= 0.6 is 0 Å². The van der Waals surface area contributed by atoms with Gasteiger partial charge in [-0.05, 0) is 54.5 Å². The van der Waals surface area contributed by atoms with E-state index in [9.17, 15) is 4.79 Å². The Morgan fingerprint density at radius 1 is 0.767 bits per heavy atom. The molecule has 0 N–H and O–H groups in total. The third-order valence-corrected chi connectivity index (χ3v) is 4.60. The monoisotopic (exact) mass is 396 g/mol. The second-order valence-electron chi connectivity index (χ2n) is 6.87. The van der Waals surface area contributed by atoms with Crippen molar-refractivity contribution in [2.75, 3.05) is 7.11 Å². The molecule has 150 valence electrons. The Labute approximate surface area is 177 Å². The van der Waals surface area contributed by atoms with E-state index in [0.717, 1.165) is 22.4 Å². The number of Topliss-reactive ketones (excluding diaryl/α,β-unsaturated/α-hetero) is 1. The van der Waals surface area contributed by atoms with Crippen LogP contribution in [-0.2, 0) is 0 Å². The van der Waals surface area contributed by atoms with E-state index in [2.05, 4.69) is 13.2 Å². The summed E-state index contributed by atoms with van der Waals surface area (Å²) in [6.07, 6.45) is 3.27. The predicted molar refractivity (Wildman–Crippen MR) is 122 cm³/mol. The van der Waals surface area contributed by atoms with Crippen LogP contribution in [0.1, 0.15) is 15.9 Å². The minimum Gasteiger partial charge on any atom is -0.497 e. The summed E-state index contributed by atoms with van der Waals surface area (Å²) < 4.78 is 10.9. The molecule has 0 atom stereocenters. The molecule has 3 nitrogen and oxygen atoms in total. The van der Waals surface area contributed by atoms with Crippen LogP contribution in [0.2, 0.25) is 0 Å². The second kappa shape index (κ2) is 9.57. The molecular weight excluding hydrogens is 372 g/mol. The number of carbonyl (C=O) groups is 1. The lowest BCUT2D eigenvalue weighted by Gasteiger charge is -2.08. The Hall–Kier alpha value is -3.85. The quantitative estimate of drug-likeness (QED) is 0.187. The molecule has 0 spiro atoms. The van der Waals surface area contributed by atoms with E-state index in [-0.39, 0.29) is 5.78 Å². The summed E-state index contributed by atoms with van der Waals surface area (Å²) in [5, 5.41) is 0. The van der Waals surface area contributed by atoms with Crippen LogP contribution in [0, 0.1) is 6.92 Å². The maximum Gasteiger partial charge on any atom is 0.192 e. The highest BCUT2D eigenvalue weighted by molar-refractivity contribution is 6.10. The zero-order chi connectivity index (χ0) is 21.5. The number of benzene rings is 3. The molecule has 0 radical (unpaired) electrons. The fourth-order valence-corrected chi connectivity index (χ4v) is 2.84. The number of carbonyl (C=O) groups excluding carboxylic acids is 1. The van der Waals surface area contributed by atoms with Gasteiger partial charge in [-0.25, -0.2) is 0 Å². The molecule has 3 aromatic carbocycles. The van der Waals surface area contributed by atoms with Gasteiger partial charge in [-0.3, -0.25) is 4.79 Å². The number of allylic oxidation sites excluding steroid dienone is 3. The van der Waals surface area contributed by atoms with Crippen LogP contribution in [0.4, 0.5) is 0 Å². The molecular formula is C27H24O3. The van der Waals surface area contributed by atoms with Crippen molar-refractivity contribution in [1.82, 2.24) is 0 Å². The standard InChI is InChI=1S/C27H24O3/c1-19-5-9-24(10-6-19)27(28)20(2)7-8-21(3)30-26-17-13-23(14-18-26)22-11-15-25(29-4)16-12-22/h5-18H,2-3H2,1,4H3/b8-7-. The third-order valence-electron chi connectivity index (χ3n) is 4.60. The topological polar surface area (TPSA) is 35.5 Å². The van der Waals surface area contributed by atoms with Crippen molar-refractivity contribution >= 4 is 5.78 Å². The van der Waals surface area contributed by atoms with E-state index in [1.54, 1.807) is 31.4 Å². The third kappa shape index (κ3) is 5.36. The van der Waals surface area contributed by atoms with Gasteiger partial charge < -0.3 is 9.47 Å². The fraction of sp³-hybridized carbons (Fsp3) is 0.0741. The average Bonchev–Trinajstić information content (AvgIpc) is 2.78. The van der Waals surface area contributed by atoms with Crippen molar-refractivity contribution in [1.29, 1.82) is 0 Å². The first-order chi connectivity index (χ1) is 14.5. The lowest BCUT2D eigenvalue weighted by Crippen LogP contribution is -2.00. The van der Waals surface area contributed by atoms with Crippen LogP contribution in [0.25, 0.3) is 11.1 Å². The highest BCUT2D eigenvalue weighted by Gasteiger charge is 2.07. The van der Waals surface area contributed by atoms with E-state index in [4.69, 9.17) is 9.47 Å². The van der Waals surface area contributed by atoms with Crippen molar-refractivity contribution in [3.8, 4) is 22.6 Å². The number of ketones is 1. The van der Waals surface area contributed by atoms with Crippen LogP contribution in [0.5, 0.6) is 11.5 Å². The average molecular weight is 396 g/mol. The molecule has 0 aliphatic carbocycles. The normalized spacial score (nSPS) is 10.6. The Morgan fingerprint density at radius 3 is 1.83 bits per heavy atom. The molecule has 3 heteroatoms. The first kappa shape index (κ1) is 20.9. The summed E-state index contributed by atoms with van der Waals surface area (Å²) in [5.41, 5.74) is 4.25. The molecule has 30 heavy (non-hydrogen) atoms. The second-order valence-corrected chi connectivity index (χ2v) is 6.87. The molecule has 0 aliphatic rings. The van der Waals surface area contributed by atoms with Crippen LogP contribution in [0.3, 0.4) is 0 Å². The largest absolute Gasteiger partial charge is 0.497 e. The minimum absolute atomic E-state index is 0.122. The Kier molecular flexibility index (Phi) is 6.66. The smallest absolute Gasteiger partial charge is 0.192 e. The molecule has 0 amide bonds.